The number of hydrogen-bond donors (Lipinski definition) is 1. The largest absolute Gasteiger partial charge is 0.490 e. The minimum Gasteiger partial charge on any atom is -0.490 e. The number of fused-ring (bicyclic) bond motifs is 3. The molecule has 1 unspecified atom stereocenters. The van der Waals surface area contributed by atoms with E-state index in [9.17, 15) is 0 Å². The molecule has 1 N–H and O–H groups in total. The molecule has 2 bridgehead atoms. The Bertz CT molecular complexity index is 817. The predicted molar refractivity (Wildman–Crippen MR) is 103 cm³/mol. The number of hydrogen-bond acceptors (Lipinski definition) is 3. The molecule has 0 amide bonds. The summed E-state index contributed by atoms with van der Waals surface area (Å²) in [5.41, 5.74) is 3.67. The third kappa shape index (κ3) is 2.90. The van der Waals surface area contributed by atoms with E-state index in [1.54, 1.807) is 0 Å². The quantitative estimate of drug-likeness (QED) is 0.858. The fraction of sp³-hybridized carbons (Fsp3) is 0.391. The van der Waals surface area contributed by atoms with Crippen molar-refractivity contribution in [3.63, 3.8) is 0 Å². The number of allylic oxidation sites excluding steroid dienone is 1. The molecular weight excluding hydrogens is 322 g/mol. The maximum absolute atomic E-state index is 6.31. The van der Waals surface area contributed by atoms with Crippen molar-refractivity contribution in [2.24, 2.45) is 0 Å². The standard InChI is InChI=1S/C23H25NO2/c1-15-21-10-9-19(26-20-11-17-7-8-18(12-20)24-17)13-23(21)25-14-22(15)16-5-3-2-4-6-16/h2-6,9-10,13-15,17-18,20,24H,7-8,11-12H2,1H3/t15?,17-,18+,20-. The summed E-state index contributed by atoms with van der Waals surface area (Å²) in [6.45, 7) is 2.24. The molecular formula is C23H25NO2. The monoisotopic (exact) mass is 347 g/mol. The number of ether oxygens (including phenoxy) is 2. The van der Waals surface area contributed by atoms with E-state index in [2.05, 4.69) is 54.7 Å². The third-order valence-electron chi connectivity index (χ3n) is 6.07. The van der Waals surface area contributed by atoms with Crippen molar-refractivity contribution in [3.8, 4) is 11.5 Å². The first-order chi connectivity index (χ1) is 12.8. The SMILES string of the molecule is CC1C(c2ccccc2)=COc2cc(O[C@@H]3C[C@H]4CC[C@@H](C3)N4)ccc21. The Morgan fingerprint density at radius 3 is 2.54 bits per heavy atom. The molecule has 3 nitrogen and oxygen atoms in total. The zero-order valence-electron chi connectivity index (χ0n) is 15.2. The van der Waals surface area contributed by atoms with Crippen LogP contribution in [-0.4, -0.2) is 18.2 Å². The fourth-order valence-electron chi connectivity index (χ4n) is 4.69. The van der Waals surface area contributed by atoms with Crippen LogP contribution in [0.2, 0.25) is 0 Å². The van der Waals surface area contributed by atoms with Gasteiger partial charge in [0.25, 0.3) is 0 Å². The number of nitrogens with one attached hydrogen (secondary N) is 1. The average Bonchev–Trinajstić information content (AvgIpc) is 3.01. The molecule has 0 radical (unpaired) electrons. The molecule has 2 aromatic rings. The van der Waals surface area contributed by atoms with Crippen molar-refractivity contribution in [3.05, 3.63) is 65.9 Å². The van der Waals surface area contributed by atoms with Gasteiger partial charge < -0.3 is 14.8 Å². The van der Waals surface area contributed by atoms with Crippen molar-refractivity contribution in [2.75, 3.05) is 0 Å². The number of benzene rings is 2. The second-order valence-corrected chi connectivity index (χ2v) is 7.83. The Hall–Kier alpha value is -2.26. The van der Waals surface area contributed by atoms with Crippen molar-refractivity contribution in [1.82, 2.24) is 5.32 Å². The van der Waals surface area contributed by atoms with Crippen LogP contribution in [0.4, 0.5) is 0 Å². The minimum absolute atomic E-state index is 0.310. The minimum atomic E-state index is 0.310. The van der Waals surface area contributed by atoms with E-state index in [0.717, 1.165) is 24.3 Å². The van der Waals surface area contributed by atoms with Crippen LogP contribution in [0.15, 0.2) is 54.8 Å². The van der Waals surface area contributed by atoms with Gasteiger partial charge in [-0.25, -0.2) is 0 Å². The lowest BCUT2D eigenvalue weighted by Gasteiger charge is -2.30. The van der Waals surface area contributed by atoms with Gasteiger partial charge in [-0.2, -0.15) is 0 Å². The van der Waals surface area contributed by atoms with Crippen LogP contribution in [0, 0.1) is 0 Å². The first-order valence-electron chi connectivity index (χ1n) is 9.75. The van der Waals surface area contributed by atoms with Crippen LogP contribution in [-0.2, 0) is 0 Å². The van der Waals surface area contributed by atoms with E-state index in [-0.39, 0.29) is 0 Å². The van der Waals surface area contributed by atoms with Crippen molar-refractivity contribution >= 4 is 5.57 Å². The van der Waals surface area contributed by atoms with Gasteiger partial charge in [0, 0.05) is 35.2 Å². The number of piperidine rings is 1. The maximum Gasteiger partial charge on any atom is 0.134 e. The molecule has 3 aliphatic heterocycles. The molecule has 4 atom stereocenters. The summed E-state index contributed by atoms with van der Waals surface area (Å²) in [5.74, 6) is 2.16. The summed E-state index contributed by atoms with van der Waals surface area (Å²) in [6.07, 6.45) is 7.04. The molecule has 0 aromatic heterocycles. The van der Waals surface area contributed by atoms with Crippen LogP contribution in [0.25, 0.3) is 5.57 Å². The maximum atomic E-state index is 6.31. The van der Waals surface area contributed by atoms with Gasteiger partial charge in [0.05, 0.1) is 6.26 Å². The van der Waals surface area contributed by atoms with Crippen LogP contribution < -0.4 is 14.8 Å². The molecule has 2 saturated heterocycles. The zero-order valence-corrected chi connectivity index (χ0v) is 15.2. The van der Waals surface area contributed by atoms with Gasteiger partial charge in [-0.15, -0.1) is 0 Å². The van der Waals surface area contributed by atoms with E-state index < -0.39 is 0 Å². The smallest absolute Gasteiger partial charge is 0.134 e. The average molecular weight is 347 g/mol. The summed E-state index contributed by atoms with van der Waals surface area (Å²) in [7, 11) is 0. The summed E-state index contributed by atoms with van der Waals surface area (Å²) >= 11 is 0. The van der Waals surface area contributed by atoms with Crippen molar-refractivity contribution < 1.29 is 9.47 Å². The number of rotatable bonds is 3. The molecule has 3 heterocycles. The first kappa shape index (κ1) is 16.0. The normalized spacial score (nSPS) is 29.5. The lowest BCUT2D eigenvalue weighted by Crippen LogP contribution is -2.42. The molecule has 3 aliphatic rings. The molecule has 0 saturated carbocycles. The van der Waals surface area contributed by atoms with Gasteiger partial charge in [-0.05, 0) is 37.3 Å². The first-order valence-corrected chi connectivity index (χ1v) is 9.75. The molecule has 26 heavy (non-hydrogen) atoms. The van der Waals surface area contributed by atoms with Crippen LogP contribution in [0.3, 0.4) is 0 Å². The molecule has 2 fully saturated rings. The summed E-state index contributed by atoms with van der Waals surface area (Å²) < 4.78 is 12.3. The lowest BCUT2D eigenvalue weighted by atomic mass is 9.87. The molecule has 2 aromatic carbocycles. The van der Waals surface area contributed by atoms with Gasteiger partial charge in [-0.1, -0.05) is 43.3 Å². The second-order valence-electron chi connectivity index (χ2n) is 7.83. The van der Waals surface area contributed by atoms with E-state index in [1.807, 2.05) is 12.3 Å². The summed E-state index contributed by atoms with van der Waals surface area (Å²) in [4.78, 5) is 0. The van der Waals surface area contributed by atoms with Crippen LogP contribution >= 0.6 is 0 Å². The van der Waals surface area contributed by atoms with Crippen LogP contribution in [0.5, 0.6) is 11.5 Å². The van der Waals surface area contributed by atoms with E-state index in [0.29, 0.717) is 24.1 Å². The molecule has 5 rings (SSSR count). The van der Waals surface area contributed by atoms with Gasteiger partial charge >= 0.3 is 0 Å². The highest BCUT2D eigenvalue weighted by Crippen LogP contribution is 2.42. The van der Waals surface area contributed by atoms with E-state index >= 15 is 0 Å². The Morgan fingerprint density at radius 1 is 1.00 bits per heavy atom. The molecule has 134 valence electrons. The van der Waals surface area contributed by atoms with E-state index in [1.165, 1.54) is 29.5 Å². The summed E-state index contributed by atoms with van der Waals surface area (Å²) in [5, 5.41) is 3.67. The zero-order chi connectivity index (χ0) is 17.5. The van der Waals surface area contributed by atoms with Gasteiger partial charge in [0.15, 0.2) is 0 Å². The lowest BCUT2D eigenvalue weighted by molar-refractivity contribution is 0.137. The topological polar surface area (TPSA) is 30.5 Å². The van der Waals surface area contributed by atoms with Crippen LogP contribution in [0.1, 0.15) is 49.7 Å². The highest BCUT2D eigenvalue weighted by molar-refractivity contribution is 5.73. The van der Waals surface area contributed by atoms with Crippen molar-refractivity contribution in [2.45, 2.75) is 56.7 Å². The Labute approximate surface area is 155 Å². The van der Waals surface area contributed by atoms with Gasteiger partial charge in [0.2, 0.25) is 0 Å². The highest BCUT2D eigenvalue weighted by Gasteiger charge is 2.34. The molecule has 0 spiro atoms. The summed E-state index contributed by atoms with van der Waals surface area (Å²) in [6, 6.07) is 18.1. The Balaban J connectivity index is 1.34. The van der Waals surface area contributed by atoms with Gasteiger partial charge in [-0.3, -0.25) is 0 Å². The fourth-order valence-corrected chi connectivity index (χ4v) is 4.69. The predicted octanol–water partition coefficient (Wildman–Crippen LogP) is 4.89. The Morgan fingerprint density at radius 2 is 1.77 bits per heavy atom. The molecule has 0 aliphatic carbocycles. The van der Waals surface area contributed by atoms with Crippen molar-refractivity contribution in [1.29, 1.82) is 0 Å². The van der Waals surface area contributed by atoms with E-state index in [4.69, 9.17) is 9.47 Å². The Kier molecular flexibility index (Phi) is 3.97. The highest BCUT2D eigenvalue weighted by atomic mass is 16.5. The molecule has 3 heteroatoms. The third-order valence-corrected chi connectivity index (χ3v) is 6.07. The van der Waals surface area contributed by atoms with Gasteiger partial charge in [0.1, 0.15) is 17.6 Å². The second kappa shape index (κ2) is 6.48.